The molecule has 0 aromatic rings. The van der Waals surface area contributed by atoms with Gasteiger partial charge >= 0.3 is 0 Å². The monoisotopic (exact) mass is 261 g/mol. The number of allylic oxidation sites excluding steroid dienone is 2. The number of hydrogen-bond donors (Lipinski definition) is 0. The van der Waals surface area contributed by atoms with Crippen molar-refractivity contribution in [2.24, 2.45) is 5.92 Å². The van der Waals surface area contributed by atoms with Crippen molar-refractivity contribution in [2.45, 2.75) is 45.1 Å². The molecule has 1 amide bonds. The van der Waals surface area contributed by atoms with Crippen molar-refractivity contribution < 1.29 is 9.53 Å². The Hall–Kier alpha value is -1.27. The Labute approximate surface area is 116 Å². The summed E-state index contributed by atoms with van der Waals surface area (Å²) in [4.78, 5) is 14.0. The Kier molecular flexibility index (Phi) is 5.47. The molecule has 2 rings (SSSR count). The van der Waals surface area contributed by atoms with Crippen LogP contribution in [-0.2, 0) is 9.53 Å². The highest BCUT2D eigenvalue weighted by molar-refractivity contribution is 5.93. The third kappa shape index (κ3) is 4.40. The zero-order chi connectivity index (χ0) is 13.5. The maximum Gasteiger partial charge on any atom is 0.298 e. The van der Waals surface area contributed by atoms with Crippen LogP contribution in [0.4, 0.5) is 0 Å². The van der Waals surface area contributed by atoms with Crippen molar-refractivity contribution in [1.29, 1.82) is 0 Å². The second-order valence-electron chi connectivity index (χ2n) is 5.37. The van der Waals surface area contributed by atoms with Gasteiger partial charge in [-0.3, -0.25) is 4.79 Å². The summed E-state index contributed by atoms with van der Waals surface area (Å²) in [6.45, 7) is 4.06. The summed E-state index contributed by atoms with van der Waals surface area (Å²) in [5, 5.41) is 0. The molecule has 2 unspecified atom stereocenters. The summed E-state index contributed by atoms with van der Waals surface area (Å²) in [5.41, 5.74) is 0. The molecule has 2 atom stereocenters. The molecule has 0 saturated carbocycles. The van der Waals surface area contributed by atoms with Gasteiger partial charge in [-0.15, -0.1) is 0 Å². The van der Waals surface area contributed by atoms with Crippen LogP contribution in [0.25, 0.3) is 0 Å². The summed E-state index contributed by atoms with van der Waals surface area (Å²) in [6, 6.07) is 0. The van der Waals surface area contributed by atoms with Crippen molar-refractivity contribution >= 4 is 5.91 Å². The molecule has 3 heteroatoms. The molecule has 1 aliphatic heterocycles. The van der Waals surface area contributed by atoms with Crippen molar-refractivity contribution in [1.82, 2.24) is 4.90 Å². The normalized spacial score (nSPS) is 25.7. The number of amides is 1. The third-order valence-electron chi connectivity index (χ3n) is 3.82. The lowest BCUT2D eigenvalue weighted by Crippen LogP contribution is -2.40. The number of carbonyl (C=O) groups excluding carboxylic acids is 1. The fourth-order valence-electron chi connectivity index (χ4n) is 2.79. The van der Waals surface area contributed by atoms with E-state index in [9.17, 15) is 4.79 Å². The molecule has 1 aliphatic carbocycles. The average molecular weight is 261 g/mol. The molecular formula is C16H23NO2. The summed E-state index contributed by atoms with van der Waals surface area (Å²) < 4.78 is 5.64. The van der Waals surface area contributed by atoms with Crippen LogP contribution < -0.4 is 0 Å². The summed E-state index contributed by atoms with van der Waals surface area (Å²) in [6.07, 6.45) is 10.2. The Morgan fingerprint density at radius 2 is 2.26 bits per heavy atom. The lowest BCUT2D eigenvalue weighted by atomic mass is 9.94. The first kappa shape index (κ1) is 14.1. The molecule has 2 aliphatic rings. The van der Waals surface area contributed by atoms with Gasteiger partial charge in [-0.05, 0) is 50.9 Å². The van der Waals surface area contributed by atoms with Crippen molar-refractivity contribution in [3.63, 3.8) is 0 Å². The third-order valence-corrected chi connectivity index (χ3v) is 3.82. The van der Waals surface area contributed by atoms with Crippen molar-refractivity contribution in [2.75, 3.05) is 19.7 Å². The highest BCUT2D eigenvalue weighted by atomic mass is 16.5. The fraction of sp³-hybridized carbons (Fsp3) is 0.688. The van der Waals surface area contributed by atoms with E-state index in [2.05, 4.69) is 24.0 Å². The number of ether oxygens (including phenoxy) is 1. The molecule has 104 valence electrons. The maximum atomic E-state index is 12.1. The van der Waals surface area contributed by atoms with E-state index in [0.29, 0.717) is 12.5 Å². The van der Waals surface area contributed by atoms with E-state index in [1.807, 2.05) is 4.90 Å². The van der Waals surface area contributed by atoms with Gasteiger partial charge in [0.05, 0.1) is 6.10 Å². The van der Waals surface area contributed by atoms with E-state index in [4.69, 9.17) is 4.74 Å². The van der Waals surface area contributed by atoms with Crippen molar-refractivity contribution in [3.8, 4) is 11.8 Å². The summed E-state index contributed by atoms with van der Waals surface area (Å²) in [5.74, 6) is 5.92. The van der Waals surface area contributed by atoms with Gasteiger partial charge in [0.1, 0.15) is 0 Å². The molecule has 0 spiro atoms. The first-order valence-corrected chi connectivity index (χ1v) is 7.28. The summed E-state index contributed by atoms with van der Waals surface area (Å²) in [7, 11) is 0. The van der Waals surface area contributed by atoms with Gasteiger partial charge in [-0.25, -0.2) is 0 Å². The molecule has 1 saturated heterocycles. The zero-order valence-electron chi connectivity index (χ0n) is 11.7. The quantitative estimate of drug-likeness (QED) is 0.574. The zero-order valence-corrected chi connectivity index (χ0v) is 11.7. The lowest BCUT2D eigenvalue weighted by molar-refractivity contribution is -0.127. The smallest absolute Gasteiger partial charge is 0.298 e. The van der Waals surface area contributed by atoms with E-state index in [1.54, 1.807) is 6.92 Å². The Balaban J connectivity index is 1.93. The lowest BCUT2D eigenvalue weighted by Gasteiger charge is -2.28. The molecule has 0 bridgehead atoms. The van der Waals surface area contributed by atoms with Crippen LogP contribution in [0.2, 0.25) is 0 Å². The van der Waals surface area contributed by atoms with Gasteiger partial charge in [0.15, 0.2) is 0 Å². The van der Waals surface area contributed by atoms with Crippen LogP contribution in [0.15, 0.2) is 12.2 Å². The molecule has 0 radical (unpaired) electrons. The number of carbonyl (C=O) groups is 1. The molecule has 1 fully saturated rings. The Morgan fingerprint density at radius 3 is 2.89 bits per heavy atom. The number of rotatable bonds is 4. The van der Waals surface area contributed by atoms with Gasteiger partial charge in [-0.2, -0.15) is 0 Å². The van der Waals surface area contributed by atoms with E-state index in [-0.39, 0.29) is 12.0 Å². The maximum absolute atomic E-state index is 12.1. The van der Waals surface area contributed by atoms with E-state index in [0.717, 1.165) is 38.8 Å². The van der Waals surface area contributed by atoms with Crippen LogP contribution in [0.3, 0.4) is 0 Å². The van der Waals surface area contributed by atoms with Gasteiger partial charge in [0.2, 0.25) is 0 Å². The predicted octanol–water partition coefficient (Wildman–Crippen LogP) is 2.37. The van der Waals surface area contributed by atoms with Crippen LogP contribution in [0.5, 0.6) is 0 Å². The molecule has 0 aromatic carbocycles. The molecule has 0 aromatic heterocycles. The van der Waals surface area contributed by atoms with Gasteiger partial charge < -0.3 is 9.64 Å². The Bertz CT molecular complexity index is 385. The van der Waals surface area contributed by atoms with Crippen LogP contribution in [0.1, 0.15) is 39.0 Å². The molecular weight excluding hydrogens is 238 g/mol. The fourth-order valence-corrected chi connectivity index (χ4v) is 2.79. The average Bonchev–Trinajstić information content (AvgIpc) is 2.92. The standard InChI is InChI=1S/C16H23NO2/c1-2-7-16(18)17(13-15-10-6-11-19-15)12-14-8-4-3-5-9-14/h3-4,14-15H,5-6,8-13H2,1H3. The second-order valence-corrected chi connectivity index (χ2v) is 5.37. The SMILES string of the molecule is CC#CC(=O)N(CC1CC=CCC1)CC1CCCO1. The van der Waals surface area contributed by atoms with E-state index in [1.165, 1.54) is 6.42 Å². The van der Waals surface area contributed by atoms with E-state index < -0.39 is 0 Å². The topological polar surface area (TPSA) is 29.5 Å². The van der Waals surface area contributed by atoms with Gasteiger partial charge in [0, 0.05) is 19.7 Å². The minimum absolute atomic E-state index is 0.0486. The van der Waals surface area contributed by atoms with Crippen LogP contribution in [0, 0.1) is 17.8 Å². The highest BCUT2D eigenvalue weighted by Crippen LogP contribution is 2.21. The molecule has 1 heterocycles. The van der Waals surface area contributed by atoms with Crippen molar-refractivity contribution in [3.05, 3.63) is 12.2 Å². The van der Waals surface area contributed by atoms with Crippen LogP contribution >= 0.6 is 0 Å². The predicted molar refractivity (Wildman–Crippen MR) is 75.5 cm³/mol. The molecule has 19 heavy (non-hydrogen) atoms. The Morgan fingerprint density at radius 1 is 1.37 bits per heavy atom. The second kappa shape index (κ2) is 7.35. The number of hydrogen-bond acceptors (Lipinski definition) is 2. The number of nitrogens with zero attached hydrogens (tertiary/aromatic N) is 1. The first-order chi connectivity index (χ1) is 9.29. The minimum atomic E-state index is -0.0486. The van der Waals surface area contributed by atoms with E-state index >= 15 is 0 Å². The first-order valence-electron chi connectivity index (χ1n) is 7.28. The largest absolute Gasteiger partial charge is 0.376 e. The minimum Gasteiger partial charge on any atom is -0.376 e. The molecule has 3 nitrogen and oxygen atoms in total. The molecule has 0 N–H and O–H groups in total. The van der Waals surface area contributed by atoms with Gasteiger partial charge in [0.25, 0.3) is 5.91 Å². The highest BCUT2D eigenvalue weighted by Gasteiger charge is 2.24. The van der Waals surface area contributed by atoms with Crippen LogP contribution in [-0.4, -0.2) is 36.6 Å². The summed E-state index contributed by atoms with van der Waals surface area (Å²) >= 11 is 0. The van der Waals surface area contributed by atoms with Gasteiger partial charge in [-0.1, -0.05) is 18.1 Å².